The highest BCUT2D eigenvalue weighted by atomic mass is 16.5. The van der Waals surface area contributed by atoms with Crippen LogP contribution in [-0.4, -0.2) is 47.4 Å². The predicted molar refractivity (Wildman–Crippen MR) is 292 cm³/mol. The van der Waals surface area contributed by atoms with Crippen molar-refractivity contribution in [2.24, 2.45) is 0 Å². The van der Waals surface area contributed by atoms with Gasteiger partial charge >= 0.3 is 5.97 Å². The zero-order chi connectivity index (χ0) is 48.6. The zero-order valence-corrected chi connectivity index (χ0v) is 44.9. The number of carbonyl (C=O) groups excluding carboxylic acids is 2. The average Bonchev–Trinajstić information content (AvgIpc) is 3.33. The summed E-state index contributed by atoms with van der Waals surface area (Å²) in [4.78, 5) is 24.5. The first-order valence-electron chi connectivity index (χ1n) is 29.8. The van der Waals surface area contributed by atoms with E-state index >= 15 is 0 Å². The van der Waals surface area contributed by atoms with Gasteiger partial charge in [-0.05, 0) is 51.4 Å². The summed E-state index contributed by atoms with van der Waals surface area (Å²) < 4.78 is 5.43. The van der Waals surface area contributed by atoms with E-state index in [2.05, 4.69) is 43.5 Å². The molecule has 0 aromatic carbocycles. The fraction of sp³-hybridized carbons (Fsp3) is 0.869. The molecule has 0 spiro atoms. The number of amides is 1. The summed E-state index contributed by atoms with van der Waals surface area (Å²) >= 11 is 0. The van der Waals surface area contributed by atoms with Gasteiger partial charge in [0.15, 0.2) is 0 Å². The van der Waals surface area contributed by atoms with E-state index in [1.54, 1.807) is 6.08 Å². The van der Waals surface area contributed by atoms with Gasteiger partial charge in [-0.3, -0.25) is 9.59 Å². The lowest BCUT2D eigenvalue weighted by Gasteiger charge is -2.20. The van der Waals surface area contributed by atoms with Crippen LogP contribution >= 0.6 is 0 Å². The minimum atomic E-state index is -0.847. The minimum absolute atomic E-state index is 0.0321. The maximum atomic E-state index is 12.4. The van der Waals surface area contributed by atoms with E-state index in [9.17, 15) is 19.8 Å². The van der Waals surface area contributed by atoms with Gasteiger partial charge in [0.1, 0.15) is 0 Å². The lowest BCUT2D eigenvalue weighted by molar-refractivity contribution is -0.143. The van der Waals surface area contributed by atoms with Gasteiger partial charge in [-0.2, -0.15) is 0 Å². The Balaban J connectivity index is 3.45. The first-order valence-corrected chi connectivity index (χ1v) is 29.8. The molecule has 0 aromatic heterocycles. The molecule has 2 unspecified atom stereocenters. The number of esters is 1. The lowest BCUT2D eigenvalue weighted by atomic mass is 10.0. The van der Waals surface area contributed by atoms with Crippen molar-refractivity contribution in [2.45, 2.75) is 328 Å². The number of allylic oxidation sites excluding steroid dienone is 4. The van der Waals surface area contributed by atoms with Gasteiger partial charge in [0.25, 0.3) is 0 Å². The Kier molecular flexibility index (Phi) is 55.0. The molecule has 0 bridgehead atoms. The Hall–Kier alpha value is -1.92. The van der Waals surface area contributed by atoms with E-state index in [4.69, 9.17) is 4.74 Å². The summed E-state index contributed by atoms with van der Waals surface area (Å²) in [5, 5.41) is 23.0. The molecule has 3 N–H and O–H groups in total. The molecule has 0 fully saturated rings. The summed E-state index contributed by atoms with van der Waals surface area (Å²) in [5.74, 6) is -0.105. The molecule has 0 saturated carbocycles. The van der Waals surface area contributed by atoms with Crippen LogP contribution in [0.15, 0.2) is 36.5 Å². The molecule has 67 heavy (non-hydrogen) atoms. The summed E-state index contributed by atoms with van der Waals surface area (Å²) in [6, 6.07) is -0.631. The van der Waals surface area contributed by atoms with E-state index in [-0.39, 0.29) is 18.5 Å². The lowest BCUT2D eigenvalue weighted by Crippen LogP contribution is -2.45. The molecule has 0 aliphatic carbocycles. The number of hydrogen-bond donors (Lipinski definition) is 3. The van der Waals surface area contributed by atoms with Gasteiger partial charge in [-0.15, -0.1) is 0 Å². The number of aliphatic hydroxyl groups excluding tert-OH is 2. The normalized spacial score (nSPS) is 12.8. The molecular formula is C61H115NO5. The van der Waals surface area contributed by atoms with E-state index in [1.807, 2.05) is 6.08 Å². The standard InChI is InChI=1S/C61H115NO5/c1-3-5-7-9-11-13-15-17-18-24-28-31-35-39-43-47-51-55-61(66)67-56-52-48-44-40-36-32-29-26-23-21-19-20-22-25-27-30-34-38-42-46-50-54-60(65)62-58(57-63)59(64)53-49-45-41-37-33-16-14-12-10-8-6-4-2/h32,36,44,48-49,53,58-59,63-64H,3-31,33-35,37-43,45-47,50-52,54-57H2,1-2H3,(H,62,65)/b36-32-,48-44-,53-49+. The van der Waals surface area contributed by atoms with Crippen molar-refractivity contribution in [1.29, 1.82) is 0 Å². The number of hydrogen-bond acceptors (Lipinski definition) is 5. The third-order valence-corrected chi connectivity index (χ3v) is 13.7. The quantitative estimate of drug-likeness (QED) is 0.0321. The van der Waals surface area contributed by atoms with Crippen LogP contribution in [-0.2, 0) is 14.3 Å². The second kappa shape index (κ2) is 56.7. The van der Waals surface area contributed by atoms with Crippen molar-refractivity contribution < 1.29 is 24.5 Å². The van der Waals surface area contributed by atoms with Crippen LogP contribution in [0.4, 0.5) is 0 Å². The predicted octanol–water partition coefficient (Wildman–Crippen LogP) is 18.4. The molecule has 6 nitrogen and oxygen atoms in total. The van der Waals surface area contributed by atoms with Crippen LogP contribution in [0.1, 0.15) is 316 Å². The molecular weight excluding hydrogens is 827 g/mol. The summed E-state index contributed by atoms with van der Waals surface area (Å²) in [7, 11) is 0. The molecule has 0 rings (SSSR count). The summed E-state index contributed by atoms with van der Waals surface area (Å²) in [5.41, 5.74) is 0. The van der Waals surface area contributed by atoms with Gasteiger partial charge in [-0.1, -0.05) is 288 Å². The van der Waals surface area contributed by atoms with Crippen molar-refractivity contribution in [3.63, 3.8) is 0 Å². The molecule has 0 aliphatic heterocycles. The van der Waals surface area contributed by atoms with Gasteiger partial charge in [0, 0.05) is 12.8 Å². The maximum Gasteiger partial charge on any atom is 0.305 e. The summed E-state index contributed by atoms with van der Waals surface area (Å²) in [6.45, 7) is 4.80. The zero-order valence-electron chi connectivity index (χ0n) is 44.9. The van der Waals surface area contributed by atoms with Crippen molar-refractivity contribution in [3.8, 4) is 0 Å². The van der Waals surface area contributed by atoms with Crippen LogP contribution in [0.5, 0.6) is 0 Å². The number of carbonyl (C=O) groups is 2. The smallest absolute Gasteiger partial charge is 0.305 e. The molecule has 6 heteroatoms. The molecule has 394 valence electrons. The van der Waals surface area contributed by atoms with Crippen LogP contribution < -0.4 is 5.32 Å². The number of nitrogens with one attached hydrogen (secondary N) is 1. The van der Waals surface area contributed by atoms with Crippen molar-refractivity contribution >= 4 is 11.9 Å². The third kappa shape index (κ3) is 53.3. The second-order valence-electron chi connectivity index (χ2n) is 20.3. The number of aliphatic hydroxyl groups is 2. The number of rotatable bonds is 55. The fourth-order valence-corrected chi connectivity index (χ4v) is 9.12. The van der Waals surface area contributed by atoms with Gasteiger partial charge in [-0.25, -0.2) is 0 Å². The molecule has 2 atom stereocenters. The van der Waals surface area contributed by atoms with Gasteiger partial charge in [0.05, 0.1) is 25.4 Å². The Bertz CT molecular complexity index is 1090. The third-order valence-electron chi connectivity index (χ3n) is 13.7. The Morgan fingerprint density at radius 2 is 0.746 bits per heavy atom. The van der Waals surface area contributed by atoms with Crippen LogP contribution in [0, 0.1) is 0 Å². The first-order chi connectivity index (χ1) is 33.0. The summed E-state index contributed by atoms with van der Waals surface area (Å²) in [6.07, 6.45) is 70.5. The first kappa shape index (κ1) is 65.1. The highest BCUT2D eigenvalue weighted by molar-refractivity contribution is 5.76. The fourth-order valence-electron chi connectivity index (χ4n) is 9.12. The van der Waals surface area contributed by atoms with Crippen LogP contribution in [0.3, 0.4) is 0 Å². The van der Waals surface area contributed by atoms with E-state index in [0.717, 1.165) is 51.4 Å². The van der Waals surface area contributed by atoms with Crippen molar-refractivity contribution in [1.82, 2.24) is 5.32 Å². The van der Waals surface area contributed by atoms with Gasteiger partial charge < -0.3 is 20.3 Å². The minimum Gasteiger partial charge on any atom is -0.465 e. The Labute approximate surface area is 417 Å². The average molecular weight is 943 g/mol. The van der Waals surface area contributed by atoms with Crippen molar-refractivity contribution in [3.05, 3.63) is 36.5 Å². The monoisotopic (exact) mass is 942 g/mol. The molecule has 0 saturated heterocycles. The Morgan fingerprint density at radius 1 is 0.418 bits per heavy atom. The Morgan fingerprint density at radius 3 is 1.13 bits per heavy atom. The number of ether oxygens (including phenoxy) is 1. The molecule has 0 aromatic rings. The molecule has 0 heterocycles. The van der Waals surface area contributed by atoms with Gasteiger partial charge in [0.2, 0.25) is 5.91 Å². The highest BCUT2D eigenvalue weighted by Gasteiger charge is 2.18. The van der Waals surface area contributed by atoms with Crippen LogP contribution in [0.25, 0.3) is 0 Å². The molecule has 0 radical (unpaired) electrons. The highest BCUT2D eigenvalue weighted by Crippen LogP contribution is 2.17. The SMILES string of the molecule is CCCCCCCCCCCC/C=C/C(O)C(CO)NC(=O)CCCCCCCCCCCCCCCC/C=C\C/C=C\CCOC(=O)CCCCCCCCCCCCCCCCCCC. The van der Waals surface area contributed by atoms with E-state index in [1.165, 1.54) is 238 Å². The van der Waals surface area contributed by atoms with E-state index < -0.39 is 12.1 Å². The topological polar surface area (TPSA) is 95.9 Å². The molecule has 1 amide bonds. The van der Waals surface area contributed by atoms with E-state index in [0.29, 0.717) is 19.4 Å². The largest absolute Gasteiger partial charge is 0.465 e. The second-order valence-corrected chi connectivity index (χ2v) is 20.3. The molecule has 0 aliphatic rings. The van der Waals surface area contributed by atoms with Crippen LogP contribution in [0.2, 0.25) is 0 Å². The maximum absolute atomic E-state index is 12.4. The number of unbranched alkanes of at least 4 members (excludes halogenated alkanes) is 40. The van der Waals surface area contributed by atoms with Crippen molar-refractivity contribution in [2.75, 3.05) is 13.2 Å².